The smallest absolute Gasteiger partial charge is 0.318 e. The van der Waals surface area contributed by atoms with Crippen LogP contribution in [0.4, 0.5) is 4.79 Å². The van der Waals surface area contributed by atoms with Gasteiger partial charge in [0.15, 0.2) is 5.96 Å². The van der Waals surface area contributed by atoms with Gasteiger partial charge in [-0.05, 0) is 58.0 Å². The zero-order valence-electron chi connectivity index (χ0n) is 17.6. The van der Waals surface area contributed by atoms with Crippen molar-refractivity contribution in [1.82, 2.24) is 25.8 Å². The quantitative estimate of drug-likeness (QED) is 0.730. The van der Waals surface area contributed by atoms with Crippen LogP contribution in [-0.4, -0.2) is 66.1 Å². The lowest BCUT2D eigenvalue weighted by atomic mass is 9.93. The first-order chi connectivity index (χ1) is 13.9. The molecule has 1 aromatic carbocycles. The number of nitrogens with zero attached hydrogens (tertiary/aromatic N) is 3. The van der Waals surface area contributed by atoms with Crippen molar-refractivity contribution in [3.63, 3.8) is 0 Å². The first-order valence-corrected chi connectivity index (χ1v) is 10.5. The van der Waals surface area contributed by atoms with Crippen molar-refractivity contribution >= 4 is 12.0 Å². The maximum absolute atomic E-state index is 12.9. The van der Waals surface area contributed by atoms with Gasteiger partial charge in [-0.25, -0.2) is 9.79 Å². The minimum absolute atomic E-state index is 0.00231. The van der Waals surface area contributed by atoms with Gasteiger partial charge in [-0.3, -0.25) is 0 Å². The Balaban J connectivity index is 1.38. The number of carbonyl (C=O) groups is 1. The molecular formula is C22H32N6O. The number of urea groups is 1. The van der Waals surface area contributed by atoms with Gasteiger partial charge in [-0.15, -0.1) is 0 Å². The van der Waals surface area contributed by atoms with Crippen molar-refractivity contribution < 1.29 is 4.79 Å². The normalized spacial score (nSPS) is 24.2. The molecule has 4 rings (SSSR count). The van der Waals surface area contributed by atoms with Gasteiger partial charge < -0.3 is 25.8 Å². The summed E-state index contributed by atoms with van der Waals surface area (Å²) in [5.74, 6) is 0.829. The number of amides is 2. The molecule has 1 aromatic rings. The molecule has 0 radical (unpaired) electrons. The van der Waals surface area contributed by atoms with Gasteiger partial charge >= 0.3 is 6.03 Å². The van der Waals surface area contributed by atoms with Crippen LogP contribution in [0.15, 0.2) is 47.1 Å². The zero-order chi connectivity index (χ0) is 20.4. The molecule has 2 fully saturated rings. The fraction of sp³-hybridized carbons (Fsp3) is 0.545. The molecular weight excluding hydrogens is 364 g/mol. The monoisotopic (exact) mass is 396 g/mol. The Morgan fingerprint density at radius 3 is 2.69 bits per heavy atom. The summed E-state index contributed by atoms with van der Waals surface area (Å²) in [5, 5.41) is 9.94. The molecule has 29 heavy (non-hydrogen) atoms. The molecule has 2 saturated heterocycles. The van der Waals surface area contributed by atoms with E-state index in [9.17, 15) is 4.79 Å². The number of guanidine groups is 1. The third-order valence-corrected chi connectivity index (χ3v) is 6.34. The minimum Gasteiger partial charge on any atom is -0.353 e. The highest BCUT2D eigenvalue weighted by Crippen LogP contribution is 2.36. The average Bonchev–Trinajstić information content (AvgIpc) is 2.99. The van der Waals surface area contributed by atoms with Gasteiger partial charge in [-0.2, -0.15) is 0 Å². The highest BCUT2D eigenvalue weighted by molar-refractivity contribution is 5.84. The minimum atomic E-state index is -0.374. The molecule has 3 N–H and O–H groups in total. The third kappa shape index (κ3) is 4.24. The molecule has 7 heteroatoms. The molecule has 7 nitrogen and oxygen atoms in total. The lowest BCUT2D eigenvalue weighted by Gasteiger charge is -2.33. The summed E-state index contributed by atoms with van der Waals surface area (Å²) < 4.78 is 0. The number of rotatable bonds is 3. The lowest BCUT2D eigenvalue weighted by molar-refractivity contribution is 0.173. The van der Waals surface area contributed by atoms with Gasteiger partial charge in [0.05, 0.1) is 11.6 Å². The summed E-state index contributed by atoms with van der Waals surface area (Å²) in [6.45, 7) is 7.52. The van der Waals surface area contributed by atoms with E-state index in [-0.39, 0.29) is 17.6 Å². The summed E-state index contributed by atoms with van der Waals surface area (Å²) in [7, 11) is 2.17. The number of piperidine rings is 1. The second-order valence-corrected chi connectivity index (χ2v) is 8.77. The number of nitrogens with one attached hydrogen (secondary N) is 3. The highest BCUT2D eigenvalue weighted by Gasteiger charge is 2.46. The van der Waals surface area contributed by atoms with Gasteiger partial charge in [0.1, 0.15) is 0 Å². The van der Waals surface area contributed by atoms with Crippen LogP contribution < -0.4 is 16.0 Å². The summed E-state index contributed by atoms with van der Waals surface area (Å²) in [6, 6.07) is 10.4. The number of carbonyl (C=O) groups excluding carboxylic acids is 1. The van der Waals surface area contributed by atoms with Gasteiger partial charge in [0.25, 0.3) is 0 Å². The van der Waals surface area contributed by atoms with Crippen molar-refractivity contribution in [2.45, 2.75) is 50.9 Å². The highest BCUT2D eigenvalue weighted by atomic mass is 16.2. The van der Waals surface area contributed by atoms with E-state index in [1.165, 1.54) is 0 Å². The second kappa shape index (κ2) is 8.06. The molecule has 1 atom stereocenters. The predicted octanol–water partition coefficient (Wildman–Crippen LogP) is 1.89. The largest absolute Gasteiger partial charge is 0.353 e. The molecule has 3 aliphatic rings. The third-order valence-electron chi connectivity index (χ3n) is 6.34. The van der Waals surface area contributed by atoms with E-state index in [4.69, 9.17) is 4.99 Å². The number of hydrogen-bond donors (Lipinski definition) is 3. The number of benzene rings is 1. The predicted molar refractivity (Wildman–Crippen MR) is 116 cm³/mol. The summed E-state index contributed by atoms with van der Waals surface area (Å²) >= 11 is 0. The summed E-state index contributed by atoms with van der Waals surface area (Å²) in [6.07, 6.45) is 4.29. The number of hydrogen-bond acceptors (Lipinski definition) is 5. The topological polar surface area (TPSA) is 72.0 Å². The van der Waals surface area contributed by atoms with Crippen LogP contribution in [0.5, 0.6) is 0 Å². The van der Waals surface area contributed by atoms with E-state index in [2.05, 4.69) is 41.7 Å². The fourth-order valence-corrected chi connectivity index (χ4v) is 4.42. The van der Waals surface area contributed by atoms with Crippen molar-refractivity contribution in [2.75, 3.05) is 26.7 Å². The Labute approximate surface area is 173 Å². The van der Waals surface area contributed by atoms with Crippen LogP contribution >= 0.6 is 0 Å². The van der Waals surface area contributed by atoms with Crippen LogP contribution in [0.25, 0.3) is 0 Å². The zero-order valence-corrected chi connectivity index (χ0v) is 17.6. The van der Waals surface area contributed by atoms with E-state index < -0.39 is 0 Å². The van der Waals surface area contributed by atoms with Crippen molar-refractivity contribution in [3.8, 4) is 0 Å². The van der Waals surface area contributed by atoms with Crippen LogP contribution in [0, 0.1) is 0 Å². The second-order valence-electron chi connectivity index (χ2n) is 8.77. The van der Waals surface area contributed by atoms with E-state index in [1.807, 2.05) is 41.4 Å². The Morgan fingerprint density at radius 1 is 1.24 bits per heavy atom. The standard InChI is InChI=1S/C22H32N6O/c1-22(2)18-14-23-20(25-17-9-11-27(3)12-10-17)26-19(18)15-28(22)21(29)24-13-16-7-5-4-6-8-16/h4-8,14,17,19H,9-13,15H2,1-3H3,(H,24,29)(H2,23,25,26). The van der Waals surface area contributed by atoms with E-state index in [0.29, 0.717) is 19.1 Å². The molecule has 0 saturated carbocycles. The first-order valence-electron chi connectivity index (χ1n) is 10.5. The first kappa shape index (κ1) is 19.8. The van der Waals surface area contributed by atoms with E-state index in [1.54, 1.807) is 0 Å². The van der Waals surface area contributed by atoms with Crippen molar-refractivity contribution in [3.05, 3.63) is 47.7 Å². The molecule has 1 unspecified atom stereocenters. The van der Waals surface area contributed by atoms with Crippen molar-refractivity contribution in [2.24, 2.45) is 4.99 Å². The molecule has 3 heterocycles. The van der Waals surface area contributed by atoms with E-state index in [0.717, 1.165) is 43.0 Å². The SMILES string of the molecule is CN1CCC(NC2=NC3CN(C(=O)NCc4ccccc4)C(C)(C)C3=CN2)CC1. The summed E-state index contributed by atoms with van der Waals surface area (Å²) in [5.41, 5.74) is 1.88. The Hall–Kier alpha value is -2.54. The van der Waals surface area contributed by atoms with Gasteiger partial charge in [0.2, 0.25) is 0 Å². The molecule has 156 valence electrons. The van der Waals surface area contributed by atoms with Gasteiger partial charge in [-0.1, -0.05) is 30.3 Å². The maximum Gasteiger partial charge on any atom is 0.318 e. The Morgan fingerprint density at radius 2 is 1.97 bits per heavy atom. The van der Waals surface area contributed by atoms with Gasteiger partial charge in [0, 0.05) is 25.3 Å². The molecule has 2 amide bonds. The number of aliphatic imine (C=N–C) groups is 1. The lowest BCUT2D eigenvalue weighted by Crippen LogP contribution is -2.49. The van der Waals surface area contributed by atoms with E-state index >= 15 is 0 Å². The number of likely N-dealkylation sites (tertiary alicyclic amines) is 2. The van der Waals surface area contributed by atoms with Crippen molar-refractivity contribution in [1.29, 1.82) is 0 Å². The molecule has 0 aromatic heterocycles. The Kier molecular flexibility index (Phi) is 5.50. The summed E-state index contributed by atoms with van der Waals surface area (Å²) in [4.78, 5) is 22.1. The molecule has 3 aliphatic heterocycles. The molecule has 0 aliphatic carbocycles. The van der Waals surface area contributed by atoms with Crippen LogP contribution in [0.2, 0.25) is 0 Å². The van der Waals surface area contributed by atoms with Crippen LogP contribution in [-0.2, 0) is 6.54 Å². The maximum atomic E-state index is 12.9. The molecule has 0 spiro atoms. The van der Waals surface area contributed by atoms with Crippen LogP contribution in [0.3, 0.4) is 0 Å². The van der Waals surface area contributed by atoms with Crippen LogP contribution in [0.1, 0.15) is 32.3 Å². The molecule has 0 bridgehead atoms. The fourth-order valence-electron chi connectivity index (χ4n) is 4.42. The average molecular weight is 397 g/mol. The Bertz CT molecular complexity index is 795. The number of fused-ring (bicyclic) bond motifs is 1.